The van der Waals surface area contributed by atoms with Crippen molar-refractivity contribution in [3.63, 3.8) is 0 Å². The topological polar surface area (TPSA) is 42.0 Å². The normalized spacial score (nSPS) is 16.8. The molecule has 0 atom stereocenters. The fourth-order valence-electron chi connectivity index (χ4n) is 2.09. The van der Waals surface area contributed by atoms with Gasteiger partial charge in [0.15, 0.2) is 0 Å². The molecule has 1 heterocycles. The lowest BCUT2D eigenvalue weighted by Gasteiger charge is -2.22. The number of hydrogen-bond acceptors (Lipinski definition) is 2. The van der Waals surface area contributed by atoms with Gasteiger partial charge in [0, 0.05) is 11.1 Å². The number of halogens is 2. The van der Waals surface area contributed by atoms with Gasteiger partial charge in [0.2, 0.25) is 0 Å². The molecular formula is C12H14Cl2N2O. The molecule has 5 heteroatoms. The molecule has 0 spiro atoms. The SMILES string of the molecule is O=C(NC1CCCCC1)c1cc(Cl)cc(Cl)n1. The highest BCUT2D eigenvalue weighted by Gasteiger charge is 2.17. The molecule has 2 rings (SSSR count). The number of rotatable bonds is 2. The number of aromatic nitrogens is 1. The average Bonchev–Trinajstić information content (AvgIpc) is 2.29. The van der Waals surface area contributed by atoms with Crippen LogP contribution in [0.3, 0.4) is 0 Å². The molecule has 1 aromatic heterocycles. The van der Waals surface area contributed by atoms with E-state index in [-0.39, 0.29) is 22.8 Å². The molecular weight excluding hydrogens is 259 g/mol. The summed E-state index contributed by atoms with van der Waals surface area (Å²) in [6.45, 7) is 0. The van der Waals surface area contributed by atoms with Gasteiger partial charge in [-0.2, -0.15) is 0 Å². The van der Waals surface area contributed by atoms with Gasteiger partial charge in [0.25, 0.3) is 5.91 Å². The summed E-state index contributed by atoms with van der Waals surface area (Å²) < 4.78 is 0. The second-order valence-corrected chi connectivity index (χ2v) is 5.13. The maximum Gasteiger partial charge on any atom is 0.270 e. The first-order valence-electron chi connectivity index (χ1n) is 5.79. The Morgan fingerprint density at radius 2 is 1.94 bits per heavy atom. The van der Waals surface area contributed by atoms with Gasteiger partial charge in [-0.25, -0.2) is 4.98 Å². The quantitative estimate of drug-likeness (QED) is 0.838. The summed E-state index contributed by atoms with van der Waals surface area (Å²) in [6, 6.07) is 3.31. The number of nitrogens with zero attached hydrogens (tertiary/aromatic N) is 1. The molecule has 1 N–H and O–H groups in total. The van der Waals surface area contributed by atoms with E-state index in [1.54, 1.807) is 0 Å². The van der Waals surface area contributed by atoms with Crippen molar-refractivity contribution in [3.8, 4) is 0 Å². The van der Waals surface area contributed by atoms with Crippen molar-refractivity contribution in [2.24, 2.45) is 0 Å². The minimum Gasteiger partial charge on any atom is -0.348 e. The lowest BCUT2D eigenvalue weighted by molar-refractivity contribution is 0.0922. The highest BCUT2D eigenvalue weighted by Crippen LogP contribution is 2.19. The molecule has 3 nitrogen and oxygen atoms in total. The third-order valence-corrected chi connectivity index (χ3v) is 3.34. The first-order chi connectivity index (χ1) is 8.15. The van der Waals surface area contributed by atoms with Crippen molar-refractivity contribution in [3.05, 3.63) is 28.0 Å². The van der Waals surface area contributed by atoms with Gasteiger partial charge in [-0.1, -0.05) is 42.5 Å². The first-order valence-corrected chi connectivity index (χ1v) is 6.55. The molecule has 1 fully saturated rings. The Morgan fingerprint density at radius 1 is 1.24 bits per heavy atom. The monoisotopic (exact) mass is 272 g/mol. The zero-order chi connectivity index (χ0) is 12.3. The predicted molar refractivity (Wildman–Crippen MR) is 68.6 cm³/mol. The first kappa shape index (κ1) is 12.7. The Labute approximate surface area is 111 Å². The molecule has 0 saturated heterocycles. The van der Waals surface area contributed by atoms with Gasteiger partial charge < -0.3 is 5.32 Å². The highest BCUT2D eigenvalue weighted by atomic mass is 35.5. The van der Waals surface area contributed by atoms with Crippen molar-refractivity contribution >= 4 is 29.1 Å². The molecule has 17 heavy (non-hydrogen) atoms. The standard InChI is InChI=1S/C12H14Cl2N2O/c13-8-6-10(16-11(14)7-8)12(17)15-9-4-2-1-3-5-9/h6-7,9H,1-5H2,(H,15,17). The summed E-state index contributed by atoms with van der Waals surface area (Å²) in [5.41, 5.74) is 0.285. The van der Waals surface area contributed by atoms with Crippen molar-refractivity contribution in [2.45, 2.75) is 38.1 Å². The van der Waals surface area contributed by atoms with Crippen LogP contribution in [0.1, 0.15) is 42.6 Å². The van der Waals surface area contributed by atoms with E-state index in [4.69, 9.17) is 23.2 Å². The summed E-state index contributed by atoms with van der Waals surface area (Å²) in [5, 5.41) is 3.64. The second-order valence-electron chi connectivity index (χ2n) is 4.30. The Morgan fingerprint density at radius 3 is 2.59 bits per heavy atom. The van der Waals surface area contributed by atoms with Crippen LogP contribution in [-0.2, 0) is 0 Å². The fraction of sp³-hybridized carbons (Fsp3) is 0.500. The summed E-state index contributed by atoms with van der Waals surface area (Å²) >= 11 is 11.6. The molecule has 1 aliphatic rings. The van der Waals surface area contributed by atoms with Crippen LogP contribution in [0.25, 0.3) is 0 Å². The van der Waals surface area contributed by atoms with E-state index in [9.17, 15) is 4.79 Å². The molecule has 0 unspecified atom stereocenters. The molecule has 0 aromatic carbocycles. The van der Waals surface area contributed by atoms with Crippen LogP contribution in [0.2, 0.25) is 10.2 Å². The van der Waals surface area contributed by atoms with Crippen LogP contribution < -0.4 is 5.32 Å². The summed E-state index contributed by atoms with van der Waals surface area (Å²) in [5.74, 6) is -0.193. The molecule has 0 aliphatic heterocycles. The highest BCUT2D eigenvalue weighted by molar-refractivity contribution is 6.34. The number of carbonyl (C=O) groups is 1. The maximum atomic E-state index is 11.9. The third-order valence-electron chi connectivity index (χ3n) is 2.93. The van der Waals surface area contributed by atoms with Gasteiger partial charge in [0.05, 0.1) is 0 Å². The van der Waals surface area contributed by atoms with Crippen molar-refractivity contribution in [2.75, 3.05) is 0 Å². The van der Waals surface area contributed by atoms with E-state index in [2.05, 4.69) is 10.3 Å². The Balaban J connectivity index is 2.03. The van der Waals surface area contributed by atoms with E-state index in [0.717, 1.165) is 12.8 Å². The van der Waals surface area contributed by atoms with E-state index in [1.165, 1.54) is 31.4 Å². The largest absolute Gasteiger partial charge is 0.348 e. The minimum atomic E-state index is -0.193. The fourth-order valence-corrected chi connectivity index (χ4v) is 2.56. The van der Waals surface area contributed by atoms with Gasteiger partial charge in [-0.15, -0.1) is 0 Å². The Bertz CT molecular complexity index is 397. The number of carbonyl (C=O) groups excluding carboxylic acids is 1. The van der Waals surface area contributed by atoms with Crippen LogP contribution in [0.5, 0.6) is 0 Å². The molecule has 1 amide bonds. The van der Waals surface area contributed by atoms with Crippen molar-refractivity contribution < 1.29 is 4.79 Å². The van der Waals surface area contributed by atoms with Gasteiger partial charge in [-0.3, -0.25) is 4.79 Å². The van der Waals surface area contributed by atoms with E-state index >= 15 is 0 Å². The maximum absolute atomic E-state index is 11.9. The van der Waals surface area contributed by atoms with Crippen LogP contribution >= 0.6 is 23.2 Å². The van der Waals surface area contributed by atoms with E-state index in [1.807, 2.05) is 0 Å². The molecule has 0 radical (unpaired) electrons. The Hall–Kier alpha value is -0.800. The van der Waals surface area contributed by atoms with Gasteiger partial charge >= 0.3 is 0 Å². The lowest BCUT2D eigenvalue weighted by Crippen LogP contribution is -2.36. The zero-order valence-corrected chi connectivity index (χ0v) is 10.9. The average molecular weight is 273 g/mol. The molecule has 1 saturated carbocycles. The van der Waals surface area contributed by atoms with E-state index in [0.29, 0.717) is 5.02 Å². The van der Waals surface area contributed by atoms with Gasteiger partial charge in [0.1, 0.15) is 10.8 Å². The van der Waals surface area contributed by atoms with Gasteiger partial charge in [-0.05, 0) is 25.0 Å². The van der Waals surface area contributed by atoms with E-state index < -0.39 is 0 Å². The number of pyridine rings is 1. The smallest absolute Gasteiger partial charge is 0.270 e. The number of hydrogen-bond donors (Lipinski definition) is 1. The lowest BCUT2D eigenvalue weighted by atomic mass is 9.95. The third kappa shape index (κ3) is 3.58. The second kappa shape index (κ2) is 5.69. The number of nitrogens with one attached hydrogen (secondary N) is 1. The number of amides is 1. The summed E-state index contributed by atoms with van der Waals surface area (Å²) in [7, 11) is 0. The molecule has 1 aliphatic carbocycles. The van der Waals surface area contributed by atoms with Crippen LogP contribution in [0.15, 0.2) is 12.1 Å². The van der Waals surface area contributed by atoms with Crippen molar-refractivity contribution in [1.29, 1.82) is 0 Å². The summed E-state index contributed by atoms with van der Waals surface area (Å²) in [4.78, 5) is 15.9. The summed E-state index contributed by atoms with van der Waals surface area (Å²) in [6.07, 6.45) is 5.69. The minimum absolute atomic E-state index is 0.193. The molecule has 1 aromatic rings. The van der Waals surface area contributed by atoms with Crippen molar-refractivity contribution in [1.82, 2.24) is 10.3 Å². The van der Waals surface area contributed by atoms with Crippen LogP contribution in [-0.4, -0.2) is 16.9 Å². The van der Waals surface area contributed by atoms with Crippen LogP contribution in [0, 0.1) is 0 Å². The molecule has 92 valence electrons. The predicted octanol–water partition coefficient (Wildman–Crippen LogP) is 3.45. The Kier molecular flexibility index (Phi) is 4.24. The zero-order valence-electron chi connectivity index (χ0n) is 9.38. The van der Waals surface area contributed by atoms with Crippen LogP contribution in [0.4, 0.5) is 0 Å². The molecule has 0 bridgehead atoms.